The van der Waals surface area contributed by atoms with Crippen molar-refractivity contribution in [3.63, 3.8) is 0 Å². The van der Waals surface area contributed by atoms with E-state index in [9.17, 15) is 9.59 Å². The van der Waals surface area contributed by atoms with Crippen LogP contribution in [0.1, 0.15) is 30.7 Å². The molecule has 2 amide bonds. The van der Waals surface area contributed by atoms with E-state index in [0.29, 0.717) is 27.2 Å². The van der Waals surface area contributed by atoms with Crippen molar-refractivity contribution in [2.75, 3.05) is 34.4 Å². The van der Waals surface area contributed by atoms with Crippen LogP contribution in [-0.4, -0.2) is 34.9 Å². The van der Waals surface area contributed by atoms with Gasteiger partial charge in [-0.2, -0.15) is 9.97 Å². The number of nitrogens with one attached hydrogen (secondary N) is 2. The molecule has 3 heterocycles. The number of halogens is 2. The van der Waals surface area contributed by atoms with Gasteiger partial charge in [-0.15, -0.1) is 0 Å². The second-order valence-corrected chi connectivity index (χ2v) is 7.69. The number of nitrogen functional groups attached to an aromatic ring is 1. The number of aromatic nitrogens is 2. The van der Waals surface area contributed by atoms with Gasteiger partial charge in [0.15, 0.2) is 0 Å². The van der Waals surface area contributed by atoms with Crippen LogP contribution < -0.4 is 21.3 Å². The molecule has 28 heavy (non-hydrogen) atoms. The molecule has 2 aliphatic rings. The van der Waals surface area contributed by atoms with Crippen molar-refractivity contribution in [2.24, 2.45) is 0 Å². The largest absolute Gasteiger partial charge is 0.383 e. The first kappa shape index (κ1) is 18.8. The molecule has 146 valence electrons. The number of fused-ring (bicyclic) bond motifs is 1. The third kappa shape index (κ3) is 3.70. The minimum atomic E-state index is -0.811. The molecule has 4 rings (SSSR count). The van der Waals surface area contributed by atoms with Gasteiger partial charge in [0.1, 0.15) is 11.6 Å². The monoisotopic (exact) mass is 420 g/mol. The minimum Gasteiger partial charge on any atom is -0.383 e. The predicted octanol–water partition coefficient (Wildman–Crippen LogP) is 3.03. The maximum Gasteiger partial charge on any atom is 0.232 e. The molecule has 2 aliphatic heterocycles. The molecule has 4 N–H and O–H groups in total. The molecule has 1 saturated heterocycles. The highest BCUT2D eigenvalue weighted by molar-refractivity contribution is 6.35. The molecule has 1 atom stereocenters. The zero-order valence-electron chi connectivity index (χ0n) is 14.8. The highest BCUT2D eigenvalue weighted by Gasteiger charge is 2.35. The Morgan fingerprint density at radius 1 is 1.18 bits per heavy atom. The van der Waals surface area contributed by atoms with Crippen molar-refractivity contribution in [2.45, 2.75) is 25.2 Å². The average molecular weight is 421 g/mol. The third-order valence-electron chi connectivity index (χ3n) is 4.79. The summed E-state index contributed by atoms with van der Waals surface area (Å²) in [7, 11) is 0. The number of amides is 2. The fourth-order valence-electron chi connectivity index (χ4n) is 3.52. The Labute approximate surface area is 171 Å². The minimum absolute atomic E-state index is 0.0518. The standard InChI is InChI=1S/C18H18Cl2N6O2/c19-9-5-10(20)7-11(6-9)22-17(28)12-8-13(27)23-16-14(12)15(21)24-18(25-16)26-3-1-2-4-26/h5-7,12H,1-4,8H2,(H,22,28)(H3,21,23,24,25,27)/t12-/m1/s1. The van der Waals surface area contributed by atoms with Crippen LogP contribution in [0.4, 0.5) is 23.3 Å². The van der Waals surface area contributed by atoms with Crippen LogP contribution in [0, 0.1) is 0 Å². The van der Waals surface area contributed by atoms with E-state index in [1.807, 2.05) is 4.90 Å². The first-order chi connectivity index (χ1) is 13.4. The maximum absolute atomic E-state index is 12.9. The highest BCUT2D eigenvalue weighted by Crippen LogP contribution is 2.37. The Hall–Kier alpha value is -2.58. The van der Waals surface area contributed by atoms with Crippen LogP contribution >= 0.6 is 23.2 Å². The fourth-order valence-corrected chi connectivity index (χ4v) is 4.05. The van der Waals surface area contributed by atoms with E-state index in [2.05, 4.69) is 20.6 Å². The maximum atomic E-state index is 12.9. The summed E-state index contributed by atoms with van der Waals surface area (Å²) in [4.78, 5) is 35.9. The van der Waals surface area contributed by atoms with Gasteiger partial charge in [0.2, 0.25) is 17.8 Å². The Morgan fingerprint density at radius 2 is 1.86 bits per heavy atom. The normalized spacial score (nSPS) is 18.6. The van der Waals surface area contributed by atoms with Gasteiger partial charge in [0.05, 0.1) is 11.5 Å². The van der Waals surface area contributed by atoms with E-state index in [1.54, 1.807) is 18.2 Å². The number of anilines is 4. The molecule has 1 fully saturated rings. The van der Waals surface area contributed by atoms with Gasteiger partial charge in [-0.05, 0) is 31.0 Å². The van der Waals surface area contributed by atoms with Crippen LogP contribution in [0.15, 0.2) is 18.2 Å². The number of nitrogens with two attached hydrogens (primary N) is 1. The van der Waals surface area contributed by atoms with Gasteiger partial charge < -0.3 is 21.3 Å². The molecule has 0 spiro atoms. The summed E-state index contributed by atoms with van der Waals surface area (Å²) in [6.45, 7) is 1.68. The van der Waals surface area contributed by atoms with Crippen molar-refractivity contribution in [1.82, 2.24) is 9.97 Å². The van der Waals surface area contributed by atoms with Crippen LogP contribution in [0.5, 0.6) is 0 Å². The SMILES string of the molecule is Nc1nc(N2CCCC2)nc2c1[C@H](C(=O)Nc1cc(Cl)cc(Cl)c1)CC(=O)N2. The number of rotatable bonds is 3. The molecule has 0 unspecified atom stereocenters. The summed E-state index contributed by atoms with van der Waals surface area (Å²) in [5, 5.41) is 6.24. The number of hydrogen-bond donors (Lipinski definition) is 3. The van der Waals surface area contributed by atoms with E-state index in [1.165, 1.54) is 0 Å². The summed E-state index contributed by atoms with van der Waals surface area (Å²) in [5.74, 6) is -0.571. The van der Waals surface area contributed by atoms with Gasteiger partial charge >= 0.3 is 0 Å². The molecular weight excluding hydrogens is 403 g/mol. The summed E-state index contributed by atoms with van der Waals surface area (Å²) in [5.41, 5.74) is 7.03. The summed E-state index contributed by atoms with van der Waals surface area (Å²) >= 11 is 12.0. The summed E-state index contributed by atoms with van der Waals surface area (Å²) in [6, 6.07) is 4.71. The van der Waals surface area contributed by atoms with Gasteiger partial charge in [-0.3, -0.25) is 9.59 Å². The second-order valence-electron chi connectivity index (χ2n) is 6.82. The van der Waals surface area contributed by atoms with Crippen LogP contribution in [-0.2, 0) is 9.59 Å². The van der Waals surface area contributed by atoms with Crippen LogP contribution in [0.2, 0.25) is 10.0 Å². The number of carbonyl (C=O) groups excluding carboxylic acids is 2. The second kappa shape index (κ2) is 7.44. The number of nitrogens with zero attached hydrogens (tertiary/aromatic N) is 3. The van der Waals surface area contributed by atoms with Gasteiger partial charge in [-0.1, -0.05) is 23.2 Å². The molecule has 0 radical (unpaired) electrons. The quantitative estimate of drug-likeness (QED) is 0.702. The van der Waals surface area contributed by atoms with Crippen LogP contribution in [0.3, 0.4) is 0 Å². The fraction of sp³-hybridized carbons (Fsp3) is 0.333. The molecule has 0 saturated carbocycles. The molecular formula is C18H18Cl2N6O2. The lowest BCUT2D eigenvalue weighted by Crippen LogP contribution is -2.33. The van der Waals surface area contributed by atoms with Gasteiger partial charge in [0, 0.05) is 35.2 Å². The molecule has 10 heteroatoms. The van der Waals surface area contributed by atoms with Gasteiger partial charge in [0.25, 0.3) is 0 Å². The average Bonchev–Trinajstić information content (AvgIpc) is 3.14. The smallest absolute Gasteiger partial charge is 0.232 e. The topological polar surface area (TPSA) is 113 Å². The predicted molar refractivity (Wildman–Crippen MR) is 109 cm³/mol. The molecule has 0 aliphatic carbocycles. The van der Waals surface area contributed by atoms with Crippen molar-refractivity contribution < 1.29 is 9.59 Å². The first-order valence-electron chi connectivity index (χ1n) is 8.90. The van der Waals surface area contributed by atoms with Crippen LogP contribution in [0.25, 0.3) is 0 Å². The van der Waals surface area contributed by atoms with E-state index in [0.717, 1.165) is 25.9 Å². The summed E-state index contributed by atoms with van der Waals surface area (Å²) in [6.07, 6.45) is 2.06. The Balaban J connectivity index is 1.65. The van der Waals surface area contributed by atoms with Gasteiger partial charge in [-0.25, -0.2) is 0 Å². The molecule has 2 aromatic rings. The molecule has 8 nitrogen and oxygen atoms in total. The van der Waals surface area contributed by atoms with E-state index in [4.69, 9.17) is 28.9 Å². The zero-order valence-corrected chi connectivity index (χ0v) is 16.3. The van der Waals surface area contributed by atoms with E-state index < -0.39 is 11.8 Å². The van der Waals surface area contributed by atoms with Crippen molar-refractivity contribution in [1.29, 1.82) is 0 Å². The van der Waals surface area contributed by atoms with E-state index in [-0.39, 0.29) is 24.0 Å². The Morgan fingerprint density at radius 3 is 2.54 bits per heavy atom. The molecule has 1 aromatic heterocycles. The third-order valence-corrected chi connectivity index (χ3v) is 5.23. The van der Waals surface area contributed by atoms with Crippen molar-refractivity contribution in [3.8, 4) is 0 Å². The number of hydrogen-bond acceptors (Lipinski definition) is 6. The van der Waals surface area contributed by atoms with Crippen molar-refractivity contribution >= 4 is 58.3 Å². The lowest BCUT2D eigenvalue weighted by Gasteiger charge is -2.26. The number of carbonyl (C=O) groups is 2. The first-order valence-corrected chi connectivity index (χ1v) is 9.65. The Kier molecular flexibility index (Phi) is 4.99. The zero-order chi connectivity index (χ0) is 19.8. The Bertz CT molecular complexity index is 941. The van der Waals surface area contributed by atoms with E-state index >= 15 is 0 Å². The number of benzene rings is 1. The molecule has 0 bridgehead atoms. The molecule has 1 aromatic carbocycles. The lowest BCUT2D eigenvalue weighted by molar-refractivity contribution is -0.123. The highest BCUT2D eigenvalue weighted by atomic mass is 35.5. The van der Waals surface area contributed by atoms with Crippen molar-refractivity contribution in [3.05, 3.63) is 33.8 Å². The lowest BCUT2D eigenvalue weighted by atomic mass is 9.92. The summed E-state index contributed by atoms with van der Waals surface area (Å²) < 4.78 is 0.